The molecule has 0 aromatic heterocycles. The minimum atomic E-state index is -3.99. The molecule has 5 atom stereocenters. The van der Waals surface area contributed by atoms with E-state index in [1.807, 2.05) is 6.92 Å². The molecular weight excluding hydrogens is 502 g/mol. The lowest BCUT2D eigenvalue weighted by Gasteiger charge is -2.42. The number of halogens is 3. The van der Waals surface area contributed by atoms with Gasteiger partial charge in [-0.3, -0.25) is 4.79 Å². The van der Waals surface area contributed by atoms with Crippen molar-refractivity contribution in [1.29, 1.82) is 0 Å². The molecular formula is C23H23ClF2N4O4S. The highest BCUT2D eigenvalue weighted by atomic mass is 35.5. The van der Waals surface area contributed by atoms with Crippen LogP contribution in [0.1, 0.15) is 36.5 Å². The molecule has 2 fully saturated rings. The van der Waals surface area contributed by atoms with Gasteiger partial charge in [0.2, 0.25) is 0 Å². The zero-order chi connectivity index (χ0) is 25.5. The number of hydrogen-bond donors (Lipinski definition) is 2. The maximum absolute atomic E-state index is 13.6. The summed E-state index contributed by atoms with van der Waals surface area (Å²) >= 11 is 6.24. The van der Waals surface area contributed by atoms with Gasteiger partial charge in [-0.2, -0.15) is 0 Å². The van der Waals surface area contributed by atoms with E-state index in [-0.39, 0.29) is 58.3 Å². The van der Waals surface area contributed by atoms with Gasteiger partial charge >= 0.3 is 0 Å². The van der Waals surface area contributed by atoms with Crippen molar-refractivity contribution in [2.45, 2.75) is 41.9 Å². The van der Waals surface area contributed by atoms with Crippen LogP contribution >= 0.6 is 11.6 Å². The van der Waals surface area contributed by atoms with Crippen LogP contribution in [0.4, 0.5) is 14.5 Å². The first-order valence-corrected chi connectivity index (χ1v) is 12.9. The van der Waals surface area contributed by atoms with E-state index in [4.69, 9.17) is 17.1 Å². The molecule has 35 heavy (non-hydrogen) atoms. The number of nitrogens with zero attached hydrogens (tertiary/aromatic N) is 3. The first-order valence-electron chi connectivity index (χ1n) is 11.0. The number of fused-ring (bicyclic) bond motifs is 2. The summed E-state index contributed by atoms with van der Waals surface area (Å²) in [6.07, 6.45) is 0.944. The number of hydrogen-bond acceptors (Lipinski definition) is 5. The van der Waals surface area contributed by atoms with Crippen LogP contribution in [0.2, 0.25) is 5.02 Å². The predicted molar refractivity (Wildman–Crippen MR) is 126 cm³/mol. The summed E-state index contributed by atoms with van der Waals surface area (Å²) in [5.74, 6) is -3.60. The highest BCUT2D eigenvalue weighted by Gasteiger charge is 2.58. The number of anilines is 1. The van der Waals surface area contributed by atoms with Gasteiger partial charge in [-0.25, -0.2) is 17.2 Å². The molecule has 2 aromatic carbocycles. The number of sulfone groups is 1. The fraction of sp³-hybridized carbons (Fsp3) is 0.435. The van der Waals surface area contributed by atoms with Crippen molar-refractivity contribution in [3.63, 3.8) is 0 Å². The molecule has 0 spiro atoms. The minimum Gasteiger partial charge on any atom is -0.389 e. The minimum absolute atomic E-state index is 0.00501. The average Bonchev–Trinajstić information content (AvgIpc) is 2.93. The third kappa shape index (κ3) is 4.61. The third-order valence-electron chi connectivity index (χ3n) is 7.26. The fourth-order valence-corrected chi connectivity index (χ4v) is 7.89. The monoisotopic (exact) mass is 524 g/mol. The average molecular weight is 525 g/mol. The number of nitrogens with one attached hydrogen (secondary N) is 1. The van der Waals surface area contributed by atoms with Crippen LogP contribution in [-0.2, 0) is 9.84 Å². The summed E-state index contributed by atoms with van der Waals surface area (Å²) < 4.78 is 53.8. The van der Waals surface area contributed by atoms with Gasteiger partial charge in [0.25, 0.3) is 5.91 Å². The summed E-state index contributed by atoms with van der Waals surface area (Å²) in [4.78, 5) is 15.2. The van der Waals surface area contributed by atoms with Crippen molar-refractivity contribution < 1.29 is 27.1 Å². The molecule has 186 valence electrons. The van der Waals surface area contributed by atoms with Crippen molar-refractivity contribution >= 4 is 33.0 Å². The van der Waals surface area contributed by atoms with E-state index in [2.05, 4.69) is 15.3 Å². The number of rotatable bonds is 6. The Bertz CT molecular complexity index is 1330. The molecule has 8 nitrogen and oxygen atoms in total. The highest BCUT2D eigenvalue weighted by Crippen LogP contribution is 2.54. The molecule has 2 aromatic rings. The zero-order valence-corrected chi connectivity index (χ0v) is 20.2. The molecule has 0 saturated heterocycles. The van der Waals surface area contributed by atoms with Crippen LogP contribution in [0.3, 0.4) is 0 Å². The number of azide groups is 1. The van der Waals surface area contributed by atoms with E-state index in [9.17, 15) is 27.1 Å². The molecule has 2 N–H and O–H groups in total. The van der Waals surface area contributed by atoms with Crippen LogP contribution in [-0.4, -0.2) is 36.8 Å². The Labute approximate surface area is 205 Å². The van der Waals surface area contributed by atoms with Crippen molar-refractivity contribution in [2.24, 2.45) is 22.9 Å². The smallest absolute Gasteiger partial charge is 0.255 e. The third-order valence-corrected chi connectivity index (χ3v) is 9.91. The van der Waals surface area contributed by atoms with Gasteiger partial charge in [0.1, 0.15) is 0 Å². The number of benzene rings is 2. The Morgan fingerprint density at radius 2 is 1.97 bits per heavy atom. The summed E-state index contributed by atoms with van der Waals surface area (Å²) in [5, 5.41) is 16.3. The molecule has 2 aliphatic carbocycles. The number of carbonyl (C=O) groups excluding carboxylic acids is 1. The van der Waals surface area contributed by atoms with Crippen molar-refractivity contribution in [3.8, 4) is 0 Å². The van der Waals surface area contributed by atoms with E-state index < -0.39 is 38.2 Å². The summed E-state index contributed by atoms with van der Waals surface area (Å²) in [5.41, 5.74) is 7.41. The fourth-order valence-electron chi connectivity index (χ4n) is 5.51. The first-order chi connectivity index (χ1) is 16.5. The quantitative estimate of drug-likeness (QED) is 0.308. The van der Waals surface area contributed by atoms with Gasteiger partial charge in [-0.1, -0.05) is 23.6 Å². The van der Waals surface area contributed by atoms with Crippen molar-refractivity contribution in [2.75, 3.05) is 11.9 Å². The summed E-state index contributed by atoms with van der Waals surface area (Å²) in [6.45, 7) is 1.83. The highest BCUT2D eigenvalue weighted by molar-refractivity contribution is 7.92. The van der Waals surface area contributed by atoms with Gasteiger partial charge in [-0.05, 0) is 72.9 Å². The Kier molecular flexibility index (Phi) is 6.80. The lowest BCUT2D eigenvalue weighted by Crippen LogP contribution is -2.50. The Morgan fingerprint density at radius 3 is 2.63 bits per heavy atom. The van der Waals surface area contributed by atoms with Crippen LogP contribution < -0.4 is 5.32 Å². The second-order valence-corrected chi connectivity index (χ2v) is 11.9. The standard InChI is InChI=1S/C23H23ClF2N4O4S/c1-12-6-14-8-16(10-17(12)23(14,32)11-28-30-27)35(33,34)21-7-13(2-4-18(21)24)22(31)29-15-3-5-19(25)20(26)9-15/h2-5,7,9,12,14,16-17,32H,6,8,10-11H2,1H3,(H,29,31)/t12-,14?,16+,17?,23+/m0/s1. The zero-order valence-electron chi connectivity index (χ0n) is 18.7. The van der Waals surface area contributed by atoms with Crippen molar-refractivity contribution in [1.82, 2.24) is 0 Å². The number of carbonyl (C=O) groups is 1. The molecule has 2 bridgehead atoms. The van der Waals surface area contributed by atoms with Crippen LogP contribution in [0.5, 0.6) is 0 Å². The maximum Gasteiger partial charge on any atom is 0.255 e. The van der Waals surface area contributed by atoms with E-state index in [0.29, 0.717) is 6.42 Å². The lowest BCUT2D eigenvalue weighted by atomic mass is 9.73. The molecule has 1 amide bonds. The van der Waals surface area contributed by atoms with Crippen LogP contribution in [0.25, 0.3) is 10.4 Å². The van der Waals surface area contributed by atoms with E-state index >= 15 is 0 Å². The lowest BCUT2D eigenvalue weighted by molar-refractivity contribution is -0.0548. The van der Waals surface area contributed by atoms with Gasteiger partial charge < -0.3 is 10.4 Å². The SMILES string of the molecule is C[C@H]1CC2C[C@@H](S(=O)(=O)c3cc(C(=O)Nc4ccc(F)c(F)c4)ccc3Cl)CC1[C@@]2(O)CN=[N+]=[N-]. The van der Waals surface area contributed by atoms with Gasteiger partial charge in [-0.15, -0.1) is 0 Å². The van der Waals surface area contributed by atoms with Crippen LogP contribution in [0, 0.1) is 29.4 Å². The van der Waals surface area contributed by atoms with E-state index in [1.54, 1.807) is 0 Å². The molecule has 4 rings (SSSR count). The molecule has 2 unspecified atom stereocenters. The Hall–Kier alpha value is -2.72. The Morgan fingerprint density at radius 1 is 1.23 bits per heavy atom. The van der Waals surface area contributed by atoms with E-state index in [0.717, 1.165) is 12.1 Å². The van der Waals surface area contributed by atoms with Gasteiger partial charge in [0, 0.05) is 22.2 Å². The topological polar surface area (TPSA) is 132 Å². The second-order valence-electron chi connectivity index (χ2n) is 9.26. The molecule has 0 radical (unpaired) electrons. The van der Waals surface area contributed by atoms with Gasteiger partial charge in [0.15, 0.2) is 21.5 Å². The maximum atomic E-state index is 13.6. The summed E-state index contributed by atoms with van der Waals surface area (Å²) in [6, 6.07) is 6.66. The normalized spacial score (nSPS) is 27.8. The number of amides is 1. The molecule has 12 heteroatoms. The first kappa shape index (κ1) is 25.4. The van der Waals surface area contributed by atoms with E-state index in [1.165, 1.54) is 24.3 Å². The van der Waals surface area contributed by atoms with Crippen molar-refractivity contribution in [3.05, 3.63) is 69.1 Å². The Balaban J connectivity index is 1.60. The molecule has 0 heterocycles. The largest absolute Gasteiger partial charge is 0.389 e. The van der Waals surface area contributed by atoms with Gasteiger partial charge in [0.05, 0.1) is 27.3 Å². The predicted octanol–water partition coefficient (Wildman–Crippen LogP) is 5.12. The number of aliphatic hydroxyl groups is 1. The molecule has 0 aliphatic heterocycles. The second kappa shape index (κ2) is 9.39. The summed E-state index contributed by atoms with van der Waals surface area (Å²) in [7, 11) is -3.99. The molecule has 2 saturated carbocycles. The van der Waals surface area contributed by atoms with Crippen LogP contribution in [0.15, 0.2) is 46.4 Å². The molecule has 2 aliphatic rings.